The van der Waals surface area contributed by atoms with Gasteiger partial charge in [0.25, 0.3) is 0 Å². The zero-order valence-corrected chi connectivity index (χ0v) is 3.57. The number of hydrogen-bond acceptors (Lipinski definition) is 3. The van der Waals surface area contributed by atoms with Gasteiger partial charge in [-0.05, 0) is 0 Å². The first-order valence-electron chi connectivity index (χ1n) is 1.63. The third kappa shape index (κ3) is 5.26. The zero-order valence-electron chi connectivity index (χ0n) is 3.57. The first kappa shape index (κ1) is 6.26. The number of carbonyl (C=O) groups excluding carboxylic acids is 1. The lowest BCUT2D eigenvalue weighted by molar-refractivity contribution is -0.226. The maximum atomic E-state index is 9.34. The Bertz CT molecular complexity index is 70.6. The van der Waals surface area contributed by atoms with E-state index < -0.39 is 0 Å². The Morgan fingerprint density at radius 1 is 1.86 bits per heavy atom. The van der Waals surface area contributed by atoms with Gasteiger partial charge in [-0.2, -0.15) is 0 Å². The van der Waals surface area contributed by atoms with Crippen LogP contribution in [0.3, 0.4) is 0 Å². The van der Waals surface area contributed by atoms with E-state index in [0.29, 0.717) is 6.41 Å². The average molecular weight is 103 g/mol. The highest BCUT2D eigenvalue weighted by Gasteiger charge is 1.68. The predicted octanol–water partition coefficient (Wildman–Crippen LogP) is -0.297. The average Bonchev–Trinajstić information content (AvgIpc) is 1.69. The van der Waals surface area contributed by atoms with Crippen LogP contribution in [0.2, 0.25) is 0 Å². The molecule has 1 N–H and O–H groups in total. The lowest BCUT2D eigenvalue weighted by atomic mass is 10.8. The van der Waals surface area contributed by atoms with Gasteiger partial charge in [-0.1, -0.05) is 0 Å². The van der Waals surface area contributed by atoms with Gasteiger partial charge in [0.2, 0.25) is 6.41 Å². The van der Waals surface area contributed by atoms with E-state index in [9.17, 15) is 4.79 Å². The standard InChI is InChI=1S/C3H5NO3/c5-3-4-1-2-7-6/h1,3,6H,2H2/b4-1+. The quantitative estimate of drug-likeness (QED) is 0.231. The van der Waals surface area contributed by atoms with Gasteiger partial charge in [0, 0.05) is 6.21 Å². The van der Waals surface area contributed by atoms with Crippen LogP contribution in [-0.2, 0) is 9.68 Å². The van der Waals surface area contributed by atoms with Gasteiger partial charge in [-0.25, -0.2) is 9.88 Å². The SMILES string of the molecule is O=C/N=C/COO. The maximum Gasteiger partial charge on any atom is 0.232 e. The minimum absolute atomic E-state index is 0.0429. The fraction of sp³-hybridized carbons (Fsp3) is 0.333. The summed E-state index contributed by atoms with van der Waals surface area (Å²) in [6.45, 7) is -0.0429. The molecule has 0 aromatic rings. The van der Waals surface area contributed by atoms with Crippen LogP contribution < -0.4 is 0 Å². The summed E-state index contributed by atoms with van der Waals surface area (Å²) in [7, 11) is 0. The Morgan fingerprint density at radius 3 is 3.00 bits per heavy atom. The monoisotopic (exact) mass is 103 g/mol. The van der Waals surface area contributed by atoms with Gasteiger partial charge in [0.1, 0.15) is 6.61 Å². The van der Waals surface area contributed by atoms with Crippen LogP contribution in [0.15, 0.2) is 4.99 Å². The fourth-order valence-corrected chi connectivity index (χ4v) is 0.119. The molecular formula is C3H5NO3. The minimum Gasteiger partial charge on any atom is -0.276 e. The van der Waals surface area contributed by atoms with Crippen molar-refractivity contribution in [2.45, 2.75) is 0 Å². The Balaban J connectivity index is 2.92. The van der Waals surface area contributed by atoms with Crippen LogP contribution in [0.25, 0.3) is 0 Å². The van der Waals surface area contributed by atoms with Crippen molar-refractivity contribution >= 4 is 12.6 Å². The summed E-state index contributed by atoms with van der Waals surface area (Å²) < 4.78 is 0. The third-order valence-corrected chi connectivity index (χ3v) is 0.315. The van der Waals surface area contributed by atoms with Crippen molar-refractivity contribution in [3.05, 3.63) is 0 Å². The van der Waals surface area contributed by atoms with Gasteiger partial charge in [-0.3, -0.25) is 10.1 Å². The van der Waals surface area contributed by atoms with Gasteiger partial charge in [-0.15, -0.1) is 0 Å². The molecule has 0 rings (SSSR count). The summed E-state index contributed by atoms with van der Waals surface area (Å²) in [5.74, 6) is 0. The van der Waals surface area contributed by atoms with Crippen molar-refractivity contribution in [3.63, 3.8) is 0 Å². The second kappa shape index (κ2) is 5.26. The molecule has 4 nitrogen and oxygen atoms in total. The van der Waals surface area contributed by atoms with E-state index in [1.807, 2.05) is 0 Å². The van der Waals surface area contributed by atoms with Crippen LogP contribution >= 0.6 is 0 Å². The summed E-state index contributed by atoms with van der Waals surface area (Å²) in [5, 5.41) is 7.59. The number of aliphatic imine (C=N–C) groups is 1. The van der Waals surface area contributed by atoms with Crippen LogP contribution in [0.1, 0.15) is 0 Å². The molecule has 0 bridgehead atoms. The lowest BCUT2D eigenvalue weighted by Gasteiger charge is -1.78. The topological polar surface area (TPSA) is 58.9 Å². The summed E-state index contributed by atoms with van der Waals surface area (Å²) in [5.41, 5.74) is 0. The molecule has 0 spiro atoms. The lowest BCUT2D eigenvalue weighted by Crippen LogP contribution is -1.88. The Kier molecular flexibility index (Phi) is 4.70. The van der Waals surface area contributed by atoms with E-state index >= 15 is 0 Å². The van der Waals surface area contributed by atoms with E-state index in [0.717, 1.165) is 6.21 Å². The van der Waals surface area contributed by atoms with E-state index in [-0.39, 0.29) is 6.61 Å². The highest BCUT2D eigenvalue weighted by molar-refractivity contribution is 5.69. The fourth-order valence-electron chi connectivity index (χ4n) is 0.119. The van der Waals surface area contributed by atoms with Crippen LogP contribution in [0, 0.1) is 0 Å². The largest absolute Gasteiger partial charge is 0.276 e. The highest BCUT2D eigenvalue weighted by Crippen LogP contribution is 1.57. The molecule has 0 heterocycles. The molecule has 0 radical (unpaired) electrons. The number of nitrogens with zero attached hydrogens (tertiary/aromatic N) is 1. The first-order valence-corrected chi connectivity index (χ1v) is 1.63. The molecular weight excluding hydrogens is 98.0 g/mol. The Labute approximate surface area is 40.4 Å². The molecule has 0 unspecified atom stereocenters. The molecule has 0 saturated carbocycles. The molecule has 1 amide bonds. The number of amides is 1. The highest BCUT2D eigenvalue weighted by atomic mass is 17.1. The molecule has 0 aliphatic carbocycles. The molecule has 0 aliphatic rings. The van der Waals surface area contributed by atoms with Gasteiger partial charge >= 0.3 is 0 Å². The van der Waals surface area contributed by atoms with Crippen molar-refractivity contribution in [1.29, 1.82) is 0 Å². The minimum atomic E-state index is -0.0429. The molecule has 0 saturated heterocycles. The summed E-state index contributed by atoms with van der Waals surface area (Å²) in [6.07, 6.45) is 1.51. The first-order chi connectivity index (χ1) is 3.41. The second-order valence-electron chi connectivity index (χ2n) is 0.733. The third-order valence-electron chi connectivity index (χ3n) is 0.315. The second-order valence-corrected chi connectivity index (χ2v) is 0.733. The van der Waals surface area contributed by atoms with E-state index in [1.54, 1.807) is 0 Å². The van der Waals surface area contributed by atoms with Crippen LogP contribution in [0.5, 0.6) is 0 Å². The Hall–Kier alpha value is -0.740. The van der Waals surface area contributed by atoms with Crippen molar-refractivity contribution in [1.82, 2.24) is 0 Å². The van der Waals surface area contributed by atoms with E-state index in [1.165, 1.54) is 0 Å². The smallest absolute Gasteiger partial charge is 0.232 e. The van der Waals surface area contributed by atoms with Crippen LogP contribution in [0.4, 0.5) is 0 Å². The summed E-state index contributed by atoms with van der Waals surface area (Å²) in [4.78, 5) is 16.0. The number of rotatable bonds is 3. The zero-order chi connectivity index (χ0) is 5.54. The van der Waals surface area contributed by atoms with Crippen LogP contribution in [-0.4, -0.2) is 24.5 Å². The van der Waals surface area contributed by atoms with Gasteiger partial charge in [0.15, 0.2) is 0 Å². The number of carbonyl (C=O) groups is 1. The summed E-state index contributed by atoms with van der Waals surface area (Å²) >= 11 is 0. The molecule has 4 heteroatoms. The predicted molar refractivity (Wildman–Crippen MR) is 23.1 cm³/mol. The van der Waals surface area contributed by atoms with Gasteiger partial charge < -0.3 is 0 Å². The number of hydrogen-bond donors (Lipinski definition) is 1. The summed E-state index contributed by atoms with van der Waals surface area (Å²) in [6, 6.07) is 0. The van der Waals surface area contributed by atoms with Crippen molar-refractivity contribution < 1.29 is 14.9 Å². The van der Waals surface area contributed by atoms with E-state index in [4.69, 9.17) is 5.26 Å². The molecule has 0 aromatic heterocycles. The van der Waals surface area contributed by atoms with Gasteiger partial charge in [0.05, 0.1) is 0 Å². The van der Waals surface area contributed by atoms with Crippen molar-refractivity contribution in [2.24, 2.45) is 4.99 Å². The molecule has 0 aliphatic heterocycles. The molecule has 0 fully saturated rings. The maximum absolute atomic E-state index is 9.34. The van der Waals surface area contributed by atoms with Crippen molar-refractivity contribution in [3.8, 4) is 0 Å². The van der Waals surface area contributed by atoms with Crippen molar-refractivity contribution in [2.75, 3.05) is 6.61 Å². The Morgan fingerprint density at radius 2 is 2.57 bits per heavy atom. The van der Waals surface area contributed by atoms with E-state index in [2.05, 4.69) is 9.88 Å². The molecule has 7 heavy (non-hydrogen) atoms. The molecule has 40 valence electrons. The molecule has 0 aromatic carbocycles. The molecule has 0 atom stereocenters. The normalized spacial score (nSPS) is 9.86.